The van der Waals surface area contributed by atoms with Crippen molar-refractivity contribution in [2.75, 3.05) is 0 Å². The van der Waals surface area contributed by atoms with Gasteiger partial charge in [-0.2, -0.15) is 0 Å². The van der Waals surface area contributed by atoms with Crippen LogP contribution in [0.3, 0.4) is 0 Å². The number of aromatic nitrogens is 2. The first kappa shape index (κ1) is 10.3. The molecule has 13 heavy (non-hydrogen) atoms. The molecule has 0 spiro atoms. The van der Waals surface area contributed by atoms with E-state index in [0.717, 1.165) is 13.0 Å². The number of unbranched alkanes of at least 4 members (excludes halogenated alkanes) is 1. The number of hydrogen-bond donors (Lipinski definition) is 1. The fraction of sp³-hybridized carbons (Fsp3) is 0.700. The molecule has 0 saturated heterocycles. The van der Waals surface area contributed by atoms with Crippen molar-refractivity contribution in [2.24, 2.45) is 0 Å². The summed E-state index contributed by atoms with van der Waals surface area (Å²) in [4.78, 5) is 0. The molecule has 0 aliphatic rings. The van der Waals surface area contributed by atoms with Crippen LogP contribution in [-0.4, -0.2) is 9.67 Å². The van der Waals surface area contributed by atoms with E-state index >= 15 is 0 Å². The second kappa shape index (κ2) is 5.02. The lowest BCUT2D eigenvalue weighted by atomic mass is 10.3. The van der Waals surface area contributed by atoms with Crippen molar-refractivity contribution < 1.29 is 9.67 Å². The maximum absolute atomic E-state index is 9.52. The Labute approximate surface area is 79.6 Å². The van der Waals surface area contributed by atoms with Crippen molar-refractivity contribution in [3.05, 3.63) is 18.7 Å². The molecule has 1 atom stereocenters. The first-order valence-corrected chi connectivity index (χ1v) is 5.02. The SMILES string of the molecule is CCCC[n+]1ccn(C(O)CC)c1. The van der Waals surface area contributed by atoms with Crippen molar-refractivity contribution in [3.8, 4) is 0 Å². The fourth-order valence-corrected chi connectivity index (χ4v) is 1.27. The van der Waals surface area contributed by atoms with Crippen molar-refractivity contribution in [1.29, 1.82) is 0 Å². The van der Waals surface area contributed by atoms with Crippen LogP contribution in [-0.2, 0) is 6.54 Å². The molecule has 0 bridgehead atoms. The normalized spacial score (nSPS) is 13.2. The molecule has 1 N–H and O–H groups in total. The molecule has 1 rings (SSSR count). The third-order valence-electron chi connectivity index (χ3n) is 2.19. The lowest BCUT2D eigenvalue weighted by molar-refractivity contribution is -0.697. The molecule has 0 aliphatic carbocycles. The Balaban J connectivity index is 2.53. The van der Waals surface area contributed by atoms with Gasteiger partial charge in [0.2, 0.25) is 6.33 Å². The Kier molecular flexibility index (Phi) is 3.96. The van der Waals surface area contributed by atoms with E-state index in [9.17, 15) is 5.11 Å². The summed E-state index contributed by atoms with van der Waals surface area (Å²) in [6.07, 6.45) is 8.67. The van der Waals surface area contributed by atoms with E-state index in [1.165, 1.54) is 12.8 Å². The van der Waals surface area contributed by atoms with Crippen LogP contribution in [0.25, 0.3) is 0 Å². The third-order valence-corrected chi connectivity index (χ3v) is 2.19. The van der Waals surface area contributed by atoms with Crippen molar-refractivity contribution in [3.63, 3.8) is 0 Å². The van der Waals surface area contributed by atoms with Gasteiger partial charge < -0.3 is 5.11 Å². The standard InChI is InChI=1S/C10H19N2O/c1-3-5-6-11-7-8-12(9-11)10(13)4-2/h7-10,13H,3-6H2,1-2H3/q+1. The number of rotatable bonds is 5. The average molecular weight is 183 g/mol. The Bertz CT molecular complexity index is 245. The van der Waals surface area contributed by atoms with Crippen LogP contribution in [0.4, 0.5) is 0 Å². The Morgan fingerprint density at radius 3 is 2.85 bits per heavy atom. The van der Waals surface area contributed by atoms with E-state index in [-0.39, 0.29) is 6.23 Å². The summed E-state index contributed by atoms with van der Waals surface area (Å²) in [7, 11) is 0. The molecule has 1 heterocycles. The predicted molar refractivity (Wildman–Crippen MR) is 51.1 cm³/mol. The van der Waals surface area contributed by atoms with Crippen molar-refractivity contribution in [1.82, 2.24) is 4.57 Å². The van der Waals surface area contributed by atoms with Crippen molar-refractivity contribution >= 4 is 0 Å². The summed E-state index contributed by atoms with van der Waals surface area (Å²) in [5.74, 6) is 0. The van der Waals surface area contributed by atoms with Crippen LogP contribution in [0, 0.1) is 0 Å². The minimum Gasteiger partial charge on any atom is -0.355 e. The molecule has 0 aliphatic heterocycles. The highest BCUT2D eigenvalue weighted by molar-refractivity contribution is 4.68. The first-order chi connectivity index (χ1) is 6.27. The molecule has 1 aromatic heterocycles. The number of aliphatic hydroxyl groups excluding tert-OH is 1. The summed E-state index contributed by atoms with van der Waals surface area (Å²) in [5.41, 5.74) is 0. The van der Waals surface area contributed by atoms with E-state index < -0.39 is 0 Å². The minimum absolute atomic E-state index is 0.372. The van der Waals surface area contributed by atoms with Gasteiger partial charge >= 0.3 is 0 Å². The predicted octanol–water partition coefficient (Wildman–Crippen LogP) is 1.48. The molecule has 0 aromatic carbocycles. The maximum atomic E-state index is 9.52. The Hall–Kier alpha value is -0.830. The first-order valence-electron chi connectivity index (χ1n) is 5.02. The minimum atomic E-state index is -0.372. The third kappa shape index (κ3) is 2.84. The molecule has 3 nitrogen and oxygen atoms in total. The molecule has 74 valence electrons. The molecule has 3 heteroatoms. The van der Waals surface area contributed by atoms with E-state index in [1.807, 2.05) is 30.2 Å². The monoisotopic (exact) mass is 183 g/mol. The number of aliphatic hydroxyl groups is 1. The van der Waals surface area contributed by atoms with Gasteiger partial charge in [-0.25, -0.2) is 9.13 Å². The number of nitrogens with zero attached hydrogens (tertiary/aromatic N) is 2. The second-order valence-corrected chi connectivity index (χ2v) is 3.34. The van der Waals surface area contributed by atoms with E-state index in [1.54, 1.807) is 0 Å². The van der Waals surface area contributed by atoms with E-state index in [0.29, 0.717) is 0 Å². The van der Waals surface area contributed by atoms with Crippen LogP contribution >= 0.6 is 0 Å². The van der Waals surface area contributed by atoms with Crippen LogP contribution in [0.1, 0.15) is 39.3 Å². The van der Waals surface area contributed by atoms with Crippen LogP contribution in [0.2, 0.25) is 0 Å². The summed E-state index contributed by atoms with van der Waals surface area (Å²) >= 11 is 0. The summed E-state index contributed by atoms with van der Waals surface area (Å²) < 4.78 is 3.96. The zero-order valence-electron chi connectivity index (χ0n) is 8.48. The molecule has 1 unspecified atom stereocenters. The Morgan fingerprint density at radius 2 is 2.23 bits per heavy atom. The van der Waals surface area contributed by atoms with Gasteiger partial charge in [0.15, 0.2) is 6.23 Å². The zero-order chi connectivity index (χ0) is 9.68. The van der Waals surface area contributed by atoms with Gasteiger partial charge in [0, 0.05) is 6.42 Å². The van der Waals surface area contributed by atoms with E-state index in [2.05, 4.69) is 11.5 Å². The Morgan fingerprint density at radius 1 is 1.46 bits per heavy atom. The highest BCUT2D eigenvalue weighted by atomic mass is 16.3. The lowest BCUT2D eigenvalue weighted by Gasteiger charge is -2.01. The lowest BCUT2D eigenvalue weighted by Crippen LogP contribution is -2.31. The van der Waals surface area contributed by atoms with Gasteiger partial charge in [-0.3, -0.25) is 0 Å². The highest BCUT2D eigenvalue weighted by Crippen LogP contribution is 2.03. The molecule has 0 saturated carbocycles. The number of aryl methyl sites for hydroxylation is 1. The van der Waals surface area contributed by atoms with Gasteiger partial charge in [-0.1, -0.05) is 20.3 Å². The number of imidazole rings is 1. The number of hydrogen-bond acceptors (Lipinski definition) is 1. The van der Waals surface area contributed by atoms with Crippen LogP contribution < -0.4 is 4.57 Å². The summed E-state index contributed by atoms with van der Waals surface area (Å²) in [6, 6.07) is 0. The van der Waals surface area contributed by atoms with Gasteiger partial charge in [0.1, 0.15) is 12.4 Å². The maximum Gasteiger partial charge on any atom is 0.245 e. The van der Waals surface area contributed by atoms with Crippen LogP contribution in [0.5, 0.6) is 0 Å². The van der Waals surface area contributed by atoms with E-state index in [4.69, 9.17) is 0 Å². The van der Waals surface area contributed by atoms with Gasteiger partial charge in [-0.15, -0.1) is 0 Å². The van der Waals surface area contributed by atoms with Crippen molar-refractivity contribution in [2.45, 2.75) is 45.9 Å². The fourth-order valence-electron chi connectivity index (χ4n) is 1.27. The zero-order valence-corrected chi connectivity index (χ0v) is 8.48. The van der Waals surface area contributed by atoms with Gasteiger partial charge in [0.25, 0.3) is 0 Å². The largest absolute Gasteiger partial charge is 0.355 e. The smallest absolute Gasteiger partial charge is 0.245 e. The quantitative estimate of drug-likeness (QED) is 0.688. The summed E-state index contributed by atoms with van der Waals surface area (Å²) in [6.45, 7) is 5.19. The summed E-state index contributed by atoms with van der Waals surface area (Å²) in [5, 5.41) is 9.52. The molecule has 0 amide bonds. The van der Waals surface area contributed by atoms with Crippen LogP contribution in [0.15, 0.2) is 18.7 Å². The second-order valence-electron chi connectivity index (χ2n) is 3.34. The molecule has 0 fully saturated rings. The molecular formula is C10H19N2O+. The molecular weight excluding hydrogens is 164 g/mol. The molecule has 1 aromatic rings. The van der Waals surface area contributed by atoms with Gasteiger partial charge in [0.05, 0.1) is 6.54 Å². The van der Waals surface area contributed by atoms with Gasteiger partial charge in [-0.05, 0) is 6.42 Å². The average Bonchev–Trinajstić information content (AvgIpc) is 2.62. The molecule has 0 radical (unpaired) electrons. The topological polar surface area (TPSA) is 29.0 Å². The highest BCUT2D eigenvalue weighted by Gasteiger charge is 2.09.